The van der Waals surface area contributed by atoms with Crippen LogP contribution in [0, 0.1) is 0 Å². The first-order chi connectivity index (χ1) is 6.29. The van der Waals surface area contributed by atoms with Crippen LogP contribution in [0.4, 0.5) is 0 Å². The Morgan fingerprint density at radius 3 is 2.54 bits per heavy atom. The van der Waals surface area contributed by atoms with Crippen molar-refractivity contribution < 1.29 is 9.90 Å². The van der Waals surface area contributed by atoms with Gasteiger partial charge in [-0.05, 0) is 18.6 Å². The fraction of sp³-hybridized carbons (Fsp3) is 0.100. The molecule has 0 spiro atoms. The monoisotopic (exact) mass is 179 g/mol. The highest BCUT2D eigenvalue weighted by Crippen LogP contribution is 2.05. The second-order valence-electron chi connectivity index (χ2n) is 2.15. The molecule has 0 saturated carbocycles. The van der Waals surface area contributed by atoms with E-state index in [1.165, 1.54) is 6.08 Å². The summed E-state index contributed by atoms with van der Waals surface area (Å²) in [6, 6.07) is 0. The zero-order valence-corrected chi connectivity index (χ0v) is 7.53. The Bertz CT molecular complexity index is 262. The van der Waals surface area contributed by atoms with Crippen molar-refractivity contribution in [3.63, 3.8) is 0 Å². The molecule has 0 rings (SSSR count). The highest BCUT2D eigenvalue weighted by molar-refractivity contribution is 5.55. The summed E-state index contributed by atoms with van der Waals surface area (Å²) < 4.78 is 0. The molecule has 0 heterocycles. The van der Waals surface area contributed by atoms with Gasteiger partial charge in [-0.3, -0.25) is 4.79 Å². The van der Waals surface area contributed by atoms with Crippen LogP contribution in [-0.2, 0) is 4.79 Å². The minimum Gasteiger partial charge on any atom is -0.516 e. The van der Waals surface area contributed by atoms with E-state index in [0.717, 1.165) is 11.8 Å². The van der Waals surface area contributed by atoms with Gasteiger partial charge in [0, 0.05) is 0 Å². The van der Waals surface area contributed by atoms with Gasteiger partial charge in [-0.2, -0.15) is 0 Å². The van der Waals surface area contributed by atoms with E-state index in [4.69, 9.17) is 5.11 Å². The number of allylic oxidation sites excluding steroid dienone is 5. The molecule has 2 N–H and O–H groups in total. The van der Waals surface area contributed by atoms with Crippen LogP contribution in [0.25, 0.3) is 0 Å². The molecule has 0 saturated heterocycles. The second-order valence-corrected chi connectivity index (χ2v) is 2.15. The predicted octanol–water partition coefficient (Wildman–Crippen LogP) is 1.82. The third kappa shape index (κ3) is 3.96. The molecule has 70 valence electrons. The Kier molecular flexibility index (Phi) is 5.97. The highest BCUT2D eigenvalue weighted by Gasteiger charge is 1.95. The van der Waals surface area contributed by atoms with Crippen LogP contribution in [-0.4, -0.2) is 11.5 Å². The summed E-state index contributed by atoms with van der Waals surface area (Å²) in [6.45, 7) is 5.44. The number of carbonyl (C=O) groups excluding carboxylic acids is 1. The summed E-state index contributed by atoms with van der Waals surface area (Å²) in [6.07, 6.45) is 7.96. The van der Waals surface area contributed by atoms with Crippen LogP contribution < -0.4 is 5.32 Å². The quantitative estimate of drug-likeness (QED) is 0.384. The fourth-order valence-corrected chi connectivity index (χ4v) is 0.813. The zero-order chi connectivity index (χ0) is 10.1. The highest BCUT2D eigenvalue weighted by atomic mass is 16.2. The van der Waals surface area contributed by atoms with Crippen LogP contribution in [0.5, 0.6) is 0 Å². The number of aliphatic hydroxyl groups excluding tert-OH is 1. The van der Waals surface area contributed by atoms with Gasteiger partial charge < -0.3 is 10.4 Å². The van der Waals surface area contributed by atoms with Crippen molar-refractivity contribution in [1.29, 1.82) is 0 Å². The van der Waals surface area contributed by atoms with Crippen molar-refractivity contribution in [2.45, 2.75) is 6.92 Å². The maximum atomic E-state index is 10.2. The zero-order valence-electron chi connectivity index (χ0n) is 7.53. The lowest BCUT2D eigenvalue weighted by Crippen LogP contribution is -2.10. The summed E-state index contributed by atoms with van der Waals surface area (Å²) >= 11 is 0. The minimum absolute atomic E-state index is 0.505. The van der Waals surface area contributed by atoms with Crippen molar-refractivity contribution in [3.8, 4) is 0 Å². The normalized spacial score (nSPS) is 13.0. The number of rotatable bonds is 5. The average molecular weight is 179 g/mol. The Morgan fingerprint density at radius 1 is 1.46 bits per heavy atom. The number of amides is 1. The molecule has 3 nitrogen and oxygen atoms in total. The van der Waals surface area contributed by atoms with E-state index in [9.17, 15) is 4.79 Å². The summed E-state index contributed by atoms with van der Waals surface area (Å²) in [5, 5.41) is 11.0. The lowest BCUT2D eigenvalue weighted by Gasteiger charge is -2.02. The van der Waals surface area contributed by atoms with Gasteiger partial charge in [0.2, 0.25) is 6.41 Å². The average Bonchev–Trinajstić information content (AvgIpc) is 2.14. The molecule has 1 amide bonds. The molecule has 0 radical (unpaired) electrons. The van der Waals surface area contributed by atoms with Gasteiger partial charge in [0.15, 0.2) is 0 Å². The molecule has 0 unspecified atom stereocenters. The van der Waals surface area contributed by atoms with Crippen molar-refractivity contribution in [2.24, 2.45) is 0 Å². The van der Waals surface area contributed by atoms with Gasteiger partial charge in [0.05, 0.1) is 12.0 Å². The van der Waals surface area contributed by atoms with E-state index in [1.807, 2.05) is 13.0 Å². The molecule has 0 aromatic heterocycles. The predicted molar refractivity (Wildman–Crippen MR) is 53.0 cm³/mol. The number of nitrogens with one attached hydrogen (secondary N) is 1. The summed E-state index contributed by atoms with van der Waals surface area (Å²) in [5.74, 6) is 0. The number of aliphatic hydroxyl groups is 1. The Labute approximate surface area is 77.8 Å². The topological polar surface area (TPSA) is 49.3 Å². The van der Waals surface area contributed by atoms with E-state index in [1.54, 1.807) is 12.2 Å². The smallest absolute Gasteiger partial charge is 0.211 e. The van der Waals surface area contributed by atoms with Gasteiger partial charge in [-0.1, -0.05) is 24.8 Å². The SMILES string of the molecule is C=CC(/C=C\C)=C(\C=C\O)NC=O. The largest absolute Gasteiger partial charge is 0.516 e. The van der Waals surface area contributed by atoms with Crippen LogP contribution in [0.1, 0.15) is 6.92 Å². The maximum Gasteiger partial charge on any atom is 0.211 e. The molecule has 3 heteroatoms. The van der Waals surface area contributed by atoms with Crippen LogP contribution in [0.15, 0.2) is 48.4 Å². The number of carbonyl (C=O) groups is 1. The molecule has 0 bridgehead atoms. The lowest BCUT2D eigenvalue weighted by molar-refractivity contribution is -0.108. The molecule has 0 aliphatic heterocycles. The first-order valence-electron chi connectivity index (χ1n) is 3.80. The Balaban J connectivity index is 4.97. The molecule has 0 aromatic carbocycles. The van der Waals surface area contributed by atoms with E-state index in [0.29, 0.717) is 12.1 Å². The van der Waals surface area contributed by atoms with Gasteiger partial charge in [0.1, 0.15) is 0 Å². The number of hydrogen-bond donors (Lipinski definition) is 2. The second kappa shape index (κ2) is 6.91. The van der Waals surface area contributed by atoms with Crippen LogP contribution in [0.2, 0.25) is 0 Å². The fourth-order valence-electron chi connectivity index (χ4n) is 0.813. The van der Waals surface area contributed by atoms with Crippen molar-refractivity contribution in [2.75, 3.05) is 0 Å². The third-order valence-electron chi connectivity index (χ3n) is 1.33. The lowest BCUT2D eigenvalue weighted by atomic mass is 10.2. The van der Waals surface area contributed by atoms with Crippen molar-refractivity contribution >= 4 is 6.41 Å². The van der Waals surface area contributed by atoms with Crippen molar-refractivity contribution in [3.05, 3.63) is 48.4 Å². The molecule has 13 heavy (non-hydrogen) atoms. The van der Waals surface area contributed by atoms with Gasteiger partial charge in [-0.25, -0.2) is 0 Å². The molecular formula is C10H13NO2. The van der Waals surface area contributed by atoms with Gasteiger partial charge in [0.25, 0.3) is 0 Å². The van der Waals surface area contributed by atoms with E-state index in [-0.39, 0.29) is 0 Å². The van der Waals surface area contributed by atoms with E-state index in [2.05, 4.69) is 11.9 Å². The molecule has 0 atom stereocenters. The van der Waals surface area contributed by atoms with Gasteiger partial charge in [-0.15, -0.1) is 0 Å². The molecule has 0 aliphatic carbocycles. The maximum absolute atomic E-state index is 10.2. The van der Waals surface area contributed by atoms with Crippen LogP contribution >= 0.6 is 0 Å². The molecule has 0 aromatic rings. The summed E-state index contributed by atoms with van der Waals surface area (Å²) in [5.41, 5.74) is 1.24. The third-order valence-corrected chi connectivity index (χ3v) is 1.33. The standard InChI is InChI=1S/C10H13NO2/c1-3-5-9(4-2)10(6-7-12)11-8-13/h3-8,12H,2H2,1H3,(H,11,13)/b5-3-,7-6+,10-9-. The summed E-state index contributed by atoms with van der Waals surface area (Å²) in [4.78, 5) is 10.2. The van der Waals surface area contributed by atoms with E-state index >= 15 is 0 Å². The van der Waals surface area contributed by atoms with E-state index < -0.39 is 0 Å². The Hall–Kier alpha value is -1.77. The molecular weight excluding hydrogens is 166 g/mol. The van der Waals surface area contributed by atoms with Crippen LogP contribution in [0.3, 0.4) is 0 Å². The van der Waals surface area contributed by atoms with Gasteiger partial charge >= 0.3 is 0 Å². The molecule has 0 aliphatic rings. The number of hydrogen-bond acceptors (Lipinski definition) is 2. The molecule has 0 fully saturated rings. The van der Waals surface area contributed by atoms with Crippen molar-refractivity contribution in [1.82, 2.24) is 5.32 Å². The first kappa shape index (κ1) is 11.2. The first-order valence-corrected chi connectivity index (χ1v) is 3.80. The minimum atomic E-state index is 0.505. The Morgan fingerprint density at radius 2 is 2.15 bits per heavy atom. The summed E-state index contributed by atoms with van der Waals surface area (Å²) in [7, 11) is 0.